The minimum Gasteiger partial charge on any atom is -0.486 e. The van der Waals surface area contributed by atoms with Gasteiger partial charge in [0.1, 0.15) is 23.2 Å². The molecule has 0 aliphatic heterocycles. The molecule has 0 atom stereocenters. The first kappa shape index (κ1) is 16.9. The average molecular weight is 498 g/mol. The number of halogens is 4. The SMILES string of the molecule is NC(=S)c1ccc(COc2c(Br)cc(Br)cc2Br)c(F)c1. The zero-order valence-corrected chi connectivity index (χ0v) is 16.1. The van der Waals surface area contributed by atoms with Gasteiger partial charge in [-0.05, 0) is 50.1 Å². The highest BCUT2D eigenvalue weighted by atomic mass is 79.9. The minimum absolute atomic E-state index is 0.0995. The van der Waals surface area contributed by atoms with E-state index in [0.29, 0.717) is 16.9 Å². The molecule has 2 aromatic rings. The first-order valence-corrected chi connectivity index (χ1v) is 8.53. The van der Waals surface area contributed by atoms with Gasteiger partial charge in [-0.2, -0.15) is 0 Å². The van der Waals surface area contributed by atoms with Gasteiger partial charge in [0, 0.05) is 15.6 Å². The average Bonchev–Trinajstić information content (AvgIpc) is 2.38. The Kier molecular flexibility index (Phi) is 5.76. The van der Waals surface area contributed by atoms with Crippen LogP contribution in [-0.2, 0) is 6.61 Å². The van der Waals surface area contributed by atoms with E-state index >= 15 is 0 Å². The zero-order chi connectivity index (χ0) is 15.6. The summed E-state index contributed by atoms with van der Waals surface area (Å²) in [6.07, 6.45) is 0. The molecule has 2 N–H and O–H groups in total. The molecular formula is C14H9Br3FNOS. The van der Waals surface area contributed by atoms with E-state index in [2.05, 4.69) is 47.8 Å². The van der Waals surface area contributed by atoms with E-state index in [4.69, 9.17) is 22.7 Å². The summed E-state index contributed by atoms with van der Waals surface area (Å²) in [5.74, 6) is 0.209. The molecule has 0 saturated carbocycles. The Morgan fingerprint density at radius 3 is 2.29 bits per heavy atom. The van der Waals surface area contributed by atoms with Crippen molar-refractivity contribution in [3.05, 3.63) is 60.7 Å². The van der Waals surface area contributed by atoms with Crippen LogP contribution in [0.3, 0.4) is 0 Å². The number of rotatable bonds is 4. The smallest absolute Gasteiger partial charge is 0.148 e. The molecule has 0 fully saturated rings. The molecule has 0 amide bonds. The van der Waals surface area contributed by atoms with Gasteiger partial charge in [0.2, 0.25) is 0 Å². The third kappa shape index (κ3) is 4.25. The highest BCUT2D eigenvalue weighted by Crippen LogP contribution is 2.36. The third-order valence-corrected chi connectivity index (χ3v) is 4.54. The van der Waals surface area contributed by atoms with Crippen LogP contribution in [0, 0.1) is 5.82 Å². The first-order chi connectivity index (χ1) is 9.88. The van der Waals surface area contributed by atoms with Crippen molar-refractivity contribution in [2.75, 3.05) is 0 Å². The van der Waals surface area contributed by atoms with Crippen LogP contribution in [0.1, 0.15) is 11.1 Å². The van der Waals surface area contributed by atoms with Crippen molar-refractivity contribution in [1.82, 2.24) is 0 Å². The van der Waals surface area contributed by atoms with Crippen molar-refractivity contribution >= 4 is 65.0 Å². The summed E-state index contributed by atoms with van der Waals surface area (Å²) in [7, 11) is 0. The van der Waals surface area contributed by atoms with Gasteiger partial charge >= 0.3 is 0 Å². The van der Waals surface area contributed by atoms with Crippen molar-refractivity contribution in [2.45, 2.75) is 6.61 Å². The van der Waals surface area contributed by atoms with Crippen molar-refractivity contribution in [1.29, 1.82) is 0 Å². The fourth-order valence-electron chi connectivity index (χ4n) is 1.63. The van der Waals surface area contributed by atoms with Crippen molar-refractivity contribution < 1.29 is 9.13 Å². The van der Waals surface area contributed by atoms with E-state index in [1.165, 1.54) is 6.07 Å². The Morgan fingerprint density at radius 2 is 1.76 bits per heavy atom. The van der Waals surface area contributed by atoms with E-state index in [1.54, 1.807) is 12.1 Å². The summed E-state index contributed by atoms with van der Waals surface area (Å²) < 4.78 is 22.1. The van der Waals surface area contributed by atoms with Gasteiger partial charge in [0.15, 0.2) is 0 Å². The highest BCUT2D eigenvalue weighted by molar-refractivity contribution is 9.11. The van der Waals surface area contributed by atoms with Gasteiger partial charge in [-0.1, -0.05) is 40.3 Å². The molecule has 0 radical (unpaired) electrons. The molecule has 21 heavy (non-hydrogen) atoms. The van der Waals surface area contributed by atoms with E-state index in [0.717, 1.165) is 13.4 Å². The number of benzene rings is 2. The highest BCUT2D eigenvalue weighted by Gasteiger charge is 2.11. The van der Waals surface area contributed by atoms with E-state index < -0.39 is 5.82 Å². The Bertz CT molecular complexity index is 686. The van der Waals surface area contributed by atoms with Gasteiger partial charge in [0.25, 0.3) is 0 Å². The Labute approximate surface area is 152 Å². The van der Waals surface area contributed by atoms with Crippen LogP contribution in [0.4, 0.5) is 4.39 Å². The molecular weight excluding hydrogens is 489 g/mol. The normalized spacial score (nSPS) is 10.5. The van der Waals surface area contributed by atoms with Gasteiger partial charge < -0.3 is 10.5 Å². The van der Waals surface area contributed by atoms with E-state index in [-0.39, 0.29) is 11.6 Å². The van der Waals surface area contributed by atoms with Crippen LogP contribution in [0.25, 0.3) is 0 Å². The van der Waals surface area contributed by atoms with E-state index in [1.807, 2.05) is 12.1 Å². The largest absolute Gasteiger partial charge is 0.486 e. The van der Waals surface area contributed by atoms with Crippen molar-refractivity contribution in [2.24, 2.45) is 5.73 Å². The van der Waals surface area contributed by atoms with Crippen molar-refractivity contribution in [3.63, 3.8) is 0 Å². The predicted molar refractivity (Wildman–Crippen MR) is 96.2 cm³/mol. The molecule has 7 heteroatoms. The number of hydrogen-bond donors (Lipinski definition) is 1. The molecule has 0 heterocycles. The topological polar surface area (TPSA) is 35.2 Å². The second-order valence-electron chi connectivity index (χ2n) is 4.16. The number of thiocarbonyl (C=S) groups is 1. The van der Waals surface area contributed by atoms with Crippen LogP contribution >= 0.6 is 60.0 Å². The maximum absolute atomic E-state index is 14.0. The molecule has 0 spiro atoms. The Hall–Kier alpha value is -0.500. The van der Waals surface area contributed by atoms with E-state index in [9.17, 15) is 4.39 Å². The number of ether oxygens (including phenoxy) is 1. The quantitative estimate of drug-likeness (QED) is 0.580. The molecule has 0 aliphatic carbocycles. The van der Waals surface area contributed by atoms with Gasteiger partial charge in [-0.3, -0.25) is 0 Å². The molecule has 0 saturated heterocycles. The molecule has 110 valence electrons. The number of hydrogen-bond acceptors (Lipinski definition) is 2. The summed E-state index contributed by atoms with van der Waals surface area (Å²) in [5, 5.41) is 0. The lowest BCUT2D eigenvalue weighted by atomic mass is 10.1. The number of nitrogens with two attached hydrogens (primary N) is 1. The molecule has 0 unspecified atom stereocenters. The minimum atomic E-state index is -0.398. The summed E-state index contributed by atoms with van der Waals surface area (Å²) in [5.41, 5.74) is 6.39. The Morgan fingerprint density at radius 1 is 1.14 bits per heavy atom. The molecule has 2 nitrogen and oxygen atoms in total. The van der Waals surface area contributed by atoms with Crippen LogP contribution in [0.5, 0.6) is 5.75 Å². The predicted octanol–water partition coefficient (Wildman–Crippen LogP) is 5.33. The zero-order valence-electron chi connectivity index (χ0n) is 10.5. The van der Waals surface area contributed by atoms with Crippen LogP contribution < -0.4 is 10.5 Å². The Balaban J connectivity index is 2.19. The molecule has 0 aliphatic rings. The lowest BCUT2D eigenvalue weighted by Gasteiger charge is -2.12. The summed E-state index contributed by atoms with van der Waals surface area (Å²) >= 11 is 15.0. The second kappa shape index (κ2) is 7.17. The van der Waals surface area contributed by atoms with Gasteiger partial charge in [-0.15, -0.1) is 0 Å². The molecule has 0 aromatic heterocycles. The van der Waals surface area contributed by atoms with Crippen molar-refractivity contribution in [3.8, 4) is 5.75 Å². The fraction of sp³-hybridized carbons (Fsp3) is 0.0714. The van der Waals surface area contributed by atoms with Crippen LogP contribution in [0.15, 0.2) is 43.7 Å². The monoisotopic (exact) mass is 495 g/mol. The lowest BCUT2D eigenvalue weighted by Crippen LogP contribution is -2.10. The summed E-state index contributed by atoms with van der Waals surface area (Å²) in [6.45, 7) is 0.0995. The second-order valence-corrected chi connectivity index (χ2v) is 7.22. The van der Waals surface area contributed by atoms with Crippen LogP contribution in [-0.4, -0.2) is 4.99 Å². The van der Waals surface area contributed by atoms with Gasteiger partial charge in [-0.25, -0.2) is 4.39 Å². The summed E-state index contributed by atoms with van der Waals surface area (Å²) in [6, 6.07) is 8.31. The molecule has 2 aromatic carbocycles. The third-order valence-electron chi connectivity index (χ3n) is 2.67. The maximum Gasteiger partial charge on any atom is 0.148 e. The molecule has 2 rings (SSSR count). The molecule has 0 bridgehead atoms. The first-order valence-electron chi connectivity index (χ1n) is 5.74. The fourth-order valence-corrected chi connectivity index (χ4v) is 4.25. The lowest BCUT2D eigenvalue weighted by molar-refractivity contribution is 0.296. The standard InChI is InChI=1S/C14H9Br3FNOS/c15-9-4-10(16)13(11(17)5-9)20-6-8-2-1-7(14(19)21)3-12(8)18/h1-5H,6H2,(H2,19,21). The maximum atomic E-state index is 14.0. The van der Waals surface area contributed by atoms with Crippen LogP contribution in [0.2, 0.25) is 0 Å². The van der Waals surface area contributed by atoms with Gasteiger partial charge in [0.05, 0.1) is 8.95 Å². The summed E-state index contributed by atoms with van der Waals surface area (Å²) in [4.78, 5) is 0.166.